The Morgan fingerprint density at radius 1 is 0.968 bits per heavy atom. The zero-order chi connectivity index (χ0) is 22.1. The predicted octanol–water partition coefficient (Wildman–Crippen LogP) is 5.71. The third-order valence-electron chi connectivity index (χ3n) is 4.39. The van der Waals surface area contributed by atoms with Gasteiger partial charge in [-0.2, -0.15) is 0 Å². The minimum absolute atomic E-state index is 0.172. The monoisotopic (exact) mass is 472 g/mol. The molecule has 4 amide bonds. The van der Waals surface area contributed by atoms with Crippen LogP contribution in [0.1, 0.15) is 11.3 Å². The normalized spacial score (nSPS) is 15.5. The molecule has 0 unspecified atom stereocenters. The van der Waals surface area contributed by atoms with Crippen LogP contribution in [0.25, 0.3) is 6.08 Å². The van der Waals surface area contributed by atoms with Crippen LogP contribution < -0.4 is 10.2 Å². The van der Waals surface area contributed by atoms with Crippen LogP contribution in [-0.2, 0) is 9.59 Å². The second kappa shape index (κ2) is 8.63. The number of imide groups is 2. The summed E-state index contributed by atoms with van der Waals surface area (Å²) in [7, 11) is 0. The van der Waals surface area contributed by atoms with Gasteiger partial charge in [-0.25, -0.2) is 9.69 Å². The number of furan rings is 1. The van der Waals surface area contributed by atoms with Gasteiger partial charge in [-0.1, -0.05) is 52.7 Å². The smallest absolute Gasteiger partial charge is 0.335 e. The summed E-state index contributed by atoms with van der Waals surface area (Å²) in [6.45, 7) is 2.00. The Hall–Kier alpha value is -3.00. The fourth-order valence-corrected chi connectivity index (χ4v) is 3.92. The van der Waals surface area contributed by atoms with E-state index in [2.05, 4.69) is 5.32 Å². The van der Waals surface area contributed by atoms with E-state index in [1.54, 1.807) is 12.1 Å². The first kappa shape index (κ1) is 21.2. The minimum Gasteiger partial charge on any atom is -0.450 e. The first-order chi connectivity index (χ1) is 14.8. The average Bonchev–Trinajstić information content (AvgIpc) is 3.16. The second-order valence-electron chi connectivity index (χ2n) is 6.63. The lowest BCUT2D eigenvalue weighted by Gasteiger charge is -2.26. The molecule has 2 aromatic carbocycles. The first-order valence-corrected chi connectivity index (χ1v) is 10.6. The molecule has 1 fully saturated rings. The van der Waals surface area contributed by atoms with Crippen molar-refractivity contribution < 1.29 is 18.8 Å². The van der Waals surface area contributed by atoms with Crippen molar-refractivity contribution >= 4 is 64.6 Å². The molecule has 1 N–H and O–H groups in total. The van der Waals surface area contributed by atoms with Gasteiger partial charge in [0.2, 0.25) is 0 Å². The third kappa shape index (κ3) is 4.54. The van der Waals surface area contributed by atoms with E-state index in [1.165, 1.54) is 36.0 Å². The number of anilines is 1. The van der Waals surface area contributed by atoms with Gasteiger partial charge in [-0.3, -0.25) is 14.9 Å². The highest BCUT2D eigenvalue weighted by atomic mass is 35.5. The van der Waals surface area contributed by atoms with Gasteiger partial charge in [0, 0.05) is 4.90 Å². The summed E-state index contributed by atoms with van der Waals surface area (Å²) < 4.78 is 5.73. The first-order valence-electron chi connectivity index (χ1n) is 9.03. The molecule has 1 saturated heterocycles. The van der Waals surface area contributed by atoms with Gasteiger partial charge in [-0.05, 0) is 55.5 Å². The van der Waals surface area contributed by atoms with Crippen molar-refractivity contribution in [2.45, 2.75) is 16.9 Å². The molecule has 0 radical (unpaired) electrons. The molecule has 31 heavy (non-hydrogen) atoms. The number of urea groups is 1. The van der Waals surface area contributed by atoms with Crippen molar-refractivity contribution in [1.29, 1.82) is 0 Å². The molecule has 3 aromatic rings. The lowest BCUT2D eigenvalue weighted by Crippen LogP contribution is -2.54. The third-order valence-corrected chi connectivity index (χ3v) is 6.06. The van der Waals surface area contributed by atoms with E-state index in [9.17, 15) is 14.4 Å². The molecule has 156 valence electrons. The van der Waals surface area contributed by atoms with Crippen molar-refractivity contribution in [3.05, 3.63) is 81.5 Å². The Morgan fingerprint density at radius 3 is 2.42 bits per heavy atom. The van der Waals surface area contributed by atoms with E-state index < -0.39 is 17.8 Å². The molecule has 0 saturated carbocycles. The number of amides is 4. The zero-order valence-corrected chi connectivity index (χ0v) is 18.3. The number of halogens is 2. The van der Waals surface area contributed by atoms with E-state index in [1.807, 2.05) is 31.2 Å². The summed E-state index contributed by atoms with van der Waals surface area (Å²) in [5.74, 6) is -1.30. The number of carbonyl (C=O) groups excluding carboxylic acids is 3. The number of hydrogen-bond donors (Lipinski definition) is 1. The van der Waals surface area contributed by atoms with Crippen LogP contribution in [0, 0.1) is 6.92 Å². The molecule has 1 aliphatic rings. The highest BCUT2D eigenvalue weighted by Crippen LogP contribution is 2.32. The molecule has 0 atom stereocenters. The van der Waals surface area contributed by atoms with Crippen molar-refractivity contribution in [2.75, 3.05) is 4.90 Å². The lowest BCUT2D eigenvalue weighted by molar-refractivity contribution is -0.122. The SMILES string of the molecule is Cc1ccc(Sc2ccc(/C=C3\C(=O)NC(=O)N(c4ccc(Cl)c(Cl)c4)C3=O)o2)cc1. The second-order valence-corrected chi connectivity index (χ2v) is 8.52. The molecular weight excluding hydrogens is 459 g/mol. The summed E-state index contributed by atoms with van der Waals surface area (Å²) in [6, 6.07) is 14.7. The molecule has 0 spiro atoms. The molecule has 9 heteroatoms. The van der Waals surface area contributed by atoms with Crippen molar-refractivity contribution in [3.8, 4) is 0 Å². The van der Waals surface area contributed by atoms with Crippen LogP contribution >= 0.6 is 35.0 Å². The molecule has 6 nitrogen and oxygen atoms in total. The highest BCUT2D eigenvalue weighted by Gasteiger charge is 2.37. The maximum absolute atomic E-state index is 12.9. The van der Waals surface area contributed by atoms with Crippen LogP contribution in [0.5, 0.6) is 0 Å². The van der Waals surface area contributed by atoms with Crippen LogP contribution in [-0.4, -0.2) is 17.8 Å². The van der Waals surface area contributed by atoms with Crippen LogP contribution in [0.3, 0.4) is 0 Å². The summed E-state index contributed by atoms with van der Waals surface area (Å²) in [5, 5.41) is 3.19. The Balaban J connectivity index is 1.60. The standard InChI is InChI=1S/C22H14Cl2N2O4S/c1-12-2-6-15(7-3-12)31-19-9-5-14(30-19)11-16-20(27)25-22(29)26(21(16)28)13-4-8-17(23)18(24)10-13/h2-11H,1H3,(H,25,27,29)/b16-11+. The van der Waals surface area contributed by atoms with Gasteiger partial charge in [-0.15, -0.1) is 0 Å². The Kier molecular flexibility index (Phi) is 5.91. The number of nitrogens with one attached hydrogen (secondary N) is 1. The Labute approximate surface area is 191 Å². The van der Waals surface area contributed by atoms with Crippen LogP contribution in [0.4, 0.5) is 10.5 Å². The topological polar surface area (TPSA) is 79.6 Å². The number of hydrogen-bond acceptors (Lipinski definition) is 5. The van der Waals surface area contributed by atoms with Crippen molar-refractivity contribution in [1.82, 2.24) is 5.32 Å². The maximum Gasteiger partial charge on any atom is 0.335 e. The number of rotatable bonds is 4. The molecule has 1 aromatic heterocycles. The fourth-order valence-electron chi connectivity index (χ4n) is 2.85. The summed E-state index contributed by atoms with van der Waals surface area (Å²) in [5.41, 5.74) is 1.09. The molecule has 0 bridgehead atoms. The number of benzene rings is 2. The quantitative estimate of drug-likeness (QED) is 0.388. The summed E-state index contributed by atoms with van der Waals surface area (Å²) in [6.07, 6.45) is 1.30. The van der Waals surface area contributed by atoms with E-state index in [0.717, 1.165) is 15.4 Å². The van der Waals surface area contributed by atoms with Gasteiger partial charge in [0.15, 0.2) is 5.09 Å². The van der Waals surface area contributed by atoms with E-state index >= 15 is 0 Å². The number of aryl methyl sites for hydroxylation is 1. The van der Waals surface area contributed by atoms with Crippen molar-refractivity contribution in [2.24, 2.45) is 0 Å². The Morgan fingerprint density at radius 2 is 1.71 bits per heavy atom. The van der Waals surface area contributed by atoms with E-state index in [4.69, 9.17) is 27.6 Å². The van der Waals surface area contributed by atoms with E-state index in [-0.39, 0.29) is 21.3 Å². The van der Waals surface area contributed by atoms with Gasteiger partial charge in [0.05, 0.1) is 15.7 Å². The van der Waals surface area contributed by atoms with Gasteiger partial charge in [0.1, 0.15) is 11.3 Å². The molecular formula is C22H14Cl2N2O4S. The van der Waals surface area contributed by atoms with Crippen LogP contribution in [0.15, 0.2) is 74.6 Å². The molecule has 4 rings (SSSR count). The Bertz CT molecular complexity index is 1230. The minimum atomic E-state index is -0.874. The van der Waals surface area contributed by atoms with Gasteiger partial charge >= 0.3 is 6.03 Å². The van der Waals surface area contributed by atoms with E-state index in [0.29, 0.717) is 10.9 Å². The van der Waals surface area contributed by atoms with Gasteiger partial charge < -0.3 is 4.42 Å². The predicted molar refractivity (Wildman–Crippen MR) is 119 cm³/mol. The largest absolute Gasteiger partial charge is 0.450 e. The molecule has 1 aliphatic heterocycles. The van der Waals surface area contributed by atoms with Crippen LogP contribution in [0.2, 0.25) is 10.0 Å². The zero-order valence-electron chi connectivity index (χ0n) is 16.0. The summed E-state index contributed by atoms with van der Waals surface area (Å²) in [4.78, 5) is 39.3. The molecule has 2 heterocycles. The van der Waals surface area contributed by atoms with Crippen molar-refractivity contribution in [3.63, 3.8) is 0 Å². The summed E-state index contributed by atoms with van der Waals surface area (Å²) >= 11 is 13.3. The number of barbiturate groups is 1. The highest BCUT2D eigenvalue weighted by molar-refractivity contribution is 7.99. The average molecular weight is 473 g/mol. The maximum atomic E-state index is 12.9. The number of nitrogens with zero attached hydrogens (tertiary/aromatic N) is 1. The number of carbonyl (C=O) groups is 3. The molecule has 0 aliphatic carbocycles. The van der Waals surface area contributed by atoms with Gasteiger partial charge in [0.25, 0.3) is 11.8 Å². The fraction of sp³-hybridized carbons (Fsp3) is 0.0455. The lowest BCUT2D eigenvalue weighted by atomic mass is 10.1.